The molecule has 1 amide bonds. The molecule has 4 N–H and O–H groups in total. The van der Waals surface area contributed by atoms with Gasteiger partial charge in [-0.1, -0.05) is 25.0 Å². The number of primary amides is 1. The number of rotatable bonds is 6. The summed E-state index contributed by atoms with van der Waals surface area (Å²) in [6, 6.07) is 5.36. The number of hydrogen-bond donors (Lipinski definition) is 2. The minimum absolute atomic E-state index is 0.179. The molecule has 0 aliphatic heterocycles. The zero-order valence-corrected chi connectivity index (χ0v) is 11.6. The second kappa shape index (κ2) is 6.81. The monoisotopic (exact) mass is 279 g/mol. The standard InChI is InChI=1S/C15H22FN3O/c16-14-6-5-11(7-12(14)8-17)9-19(10-15(18)20)13-3-1-2-4-13/h5-7,13H,1-4,8-10,17H2,(H2,18,20). The first-order valence-corrected chi connectivity index (χ1v) is 7.10. The summed E-state index contributed by atoms with van der Waals surface area (Å²) in [4.78, 5) is 13.3. The SMILES string of the molecule is NCc1cc(CN(CC(N)=O)C2CCCC2)ccc1F. The molecule has 0 bridgehead atoms. The van der Waals surface area contributed by atoms with Crippen molar-refractivity contribution < 1.29 is 9.18 Å². The van der Waals surface area contributed by atoms with Crippen LogP contribution in [0.4, 0.5) is 4.39 Å². The van der Waals surface area contributed by atoms with Gasteiger partial charge in [-0.05, 0) is 24.5 Å². The van der Waals surface area contributed by atoms with E-state index in [0.717, 1.165) is 18.4 Å². The Morgan fingerprint density at radius 2 is 2.05 bits per heavy atom. The van der Waals surface area contributed by atoms with Gasteiger partial charge in [-0.3, -0.25) is 9.69 Å². The normalized spacial score (nSPS) is 15.9. The van der Waals surface area contributed by atoms with Gasteiger partial charge in [-0.15, -0.1) is 0 Å². The van der Waals surface area contributed by atoms with Gasteiger partial charge in [0.25, 0.3) is 0 Å². The van der Waals surface area contributed by atoms with Crippen LogP contribution in [0.3, 0.4) is 0 Å². The van der Waals surface area contributed by atoms with Crippen LogP contribution in [0.1, 0.15) is 36.8 Å². The van der Waals surface area contributed by atoms with Crippen LogP contribution in [-0.2, 0) is 17.9 Å². The van der Waals surface area contributed by atoms with Crippen molar-refractivity contribution in [3.8, 4) is 0 Å². The molecule has 20 heavy (non-hydrogen) atoms. The highest BCUT2D eigenvalue weighted by molar-refractivity contribution is 5.76. The lowest BCUT2D eigenvalue weighted by Crippen LogP contribution is -2.39. The first-order valence-electron chi connectivity index (χ1n) is 7.10. The Bertz CT molecular complexity index is 472. The van der Waals surface area contributed by atoms with Gasteiger partial charge in [-0.25, -0.2) is 4.39 Å². The summed E-state index contributed by atoms with van der Waals surface area (Å²) in [5, 5.41) is 0. The molecule has 1 aliphatic carbocycles. The predicted molar refractivity (Wildman–Crippen MR) is 76.2 cm³/mol. The Morgan fingerprint density at radius 1 is 1.35 bits per heavy atom. The van der Waals surface area contributed by atoms with Crippen molar-refractivity contribution in [1.29, 1.82) is 0 Å². The maximum atomic E-state index is 13.5. The molecule has 1 saturated carbocycles. The van der Waals surface area contributed by atoms with Gasteiger partial charge in [0.2, 0.25) is 5.91 Å². The molecule has 1 aromatic rings. The van der Waals surface area contributed by atoms with E-state index < -0.39 is 0 Å². The lowest BCUT2D eigenvalue weighted by atomic mass is 10.1. The molecule has 5 heteroatoms. The molecule has 0 unspecified atom stereocenters. The van der Waals surface area contributed by atoms with Crippen LogP contribution in [0.15, 0.2) is 18.2 Å². The molecule has 0 atom stereocenters. The van der Waals surface area contributed by atoms with Crippen molar-refractivity contribution in [3.63, 3.8) is 0 Å². The minimum Gasteiger partial charge on any atom is -0.369 e. The van der Waals surface area contributed by atoms with Gasteiger partial charge < -0.3 is 11.5 Å². The number of halogens is 1. The third-order valence-corrected chi connectivity index (χ3v) is 3.92. The molecule has 110 valence electrons. The molecule has 0 aromatic heterocycles. The van der Waals surface area contributed by atoms with E-state index in [0.29, 0.717) is 18.2 Å². The van der Waals surface area contributed by atoms with E-state index in [4.69, 9.17) is 11.5 Å². The maximum Gasteiger partial charge on any atom is 0.231 e. The van der Waals surface area contributed by atoms with Crippen molar-refractivity contribution in [2.45, 2.75) is 44.8 Å². The average molecular weight is 279 g/mol. The lowest BCUT2D eigenvalue weighted by Gasteiger charge is -2.27. The fraction of sp³-hybridized carbons (Fsp3) is 0.533. The maximum absolute atomic E-state index is 13.5. The molecule has 1 fully saturated rings. The Balaban J connectivity index is 2.11. The van der Waals surface area contributed by atoms with Crippen molar-refractivity contribution in [2.75, 3.05) is 6.54 Å². The van der Waals surface area contributed by atoms with Crippen LogP contribution in [0.25, 0.3) is 0 Å². The van der Waals surface area contributed by atoms with Crippen LogP contribution >= 0.6 is 0 Å². The summed E-state index contributed by atoms with van der Waals surface area (Å²) in [6.07, 6.45) is 4.57. The van der Waals surface area contributed by atoms with Gasteiger partial charge >= 0.3 is 0 Å². The Labute approximate surface area is 118 Å². The molecule has 4 nitrogen and oxygen atoms in total. The molecule has 0 heterocycles. The second-order valence-electron chi connectivity index (χ2n) is 5.44. The molecular formula is C15H22FN3O. The molecule has 1 aliphatic rings. The largest absolute Gasteiger partial charge is 0.369 e. The number of amides is 1. The lowest BCUT2D eigenvalue weighted by molar-refractivity contribution is -0.119. The fourth-order valence-electron chi connectivity index (χ4n) is 2.90. The average Bonchev–Trinajstić information content (AvgIpc) is 2.93. The van der Waals surface area contributed by atoms with E-state index in [9.17, 15) is 9.18 Å². The van der Waals surface area contributed by atoms with Gasteiger partial charge in [0.1, 0.15) is 5.82 Å². The van der Waals surface area contributed by atoms with Crippen LogP contribution in [0.5, 0.6) is 0 Å². The molecule has 2 rings (SSSR count). The van der Waals surface area contributed by atoms with Crippen molar-refractivity contribution in [2.24, 2.45) is 11.5 Å². The van der Waals surface area contributed by atoms with Gasteiger partial charge in [0.05, 0.1) is 6.54 Å². The third-order valence-electron chi connectivity index (χ3n) is 3.92. The van der Waals surface area contributed by atoms with Crippen molar-refractivity contribution >= 4 is 5.91 Å². The minimum atomic E-state index is -0.321. The third kappa shape index (κ3) is 3.77. The van der Waals surface area contributed by atoms with Crippen LogP contribution in [-0.4, -0.2) is 23.4 Å². The number of nitrogens with two attached hydrogens (primary N) is 2. The second-order valence-corrected chi connectivity index (χ2v) is 5.44. The fourth-order valence-corrected chi connectivity index (χ4v) is 2.90. The van der Waals surface area contributed by atoms with Gasteiger partial charge in [0.15, 0.2) is 0 Å². The summed E-state index contributed by atoms with van der Waals surface area (Å²) >= 11 is 0. The van der Waals surface area contributed by atoms with Crippen molar-refractivity contribution in [3.05, 3.63) is 35.1 Å². The topological polar surface area (TPSA) is 72.3 Å². The molecule has 1 aromatic carbocycles. The van der Waals surface area contributed by atoms with Gasteiger partial charge in [0, 0.05) is 24.7 Å². The first-order chi connectivity index (χ1) is 9.60. The highest BCUT2D eigenvalue weighted by atomic mass is 19.1. The predicted octanol–water partition coefficient (Wildman–Crippen LogP) is 1.51. The van der Waals surface area contributed by atoms with E-state index in [2.05, 4.69) is 4.90 Å². The summed E-state index contributed by atoms with van der Waals surface area (Å²) < 4.78 is 13.5. The number of hydrogen-bond acceptors (Lipinski definition) is 3. The molecular weight excluding hydrogens is 257 g/mol. The van der Waals surface area contributed by atoms with Gasteiger partial charge in [-0.2, -0.15) is 0 Å². The summed E-state index contributed by atoms with van der Waals surface area (Å²) in [5.41, 5.74) is 12.3. The molecule has 0 saturated heterocycles. The Kier molecular flexibility index (Phi) is 5.09. The van der Waals surface area contributed by atoms with Crippen LogP contribution in [0, 0.1) is 5.82 Å². The van der Waals surface area contributed by atoms with Crippen molar-refractivity contribution in [1.82, 2.24) is 4.90 Å². The molecule has 0 spiro atoms. The zero-order valence-electron chi connectivity index (χ0n) is 11.6. The number of benzene rings is 1. The number of carbonyl (C=O) groups excluding carboxylic acids is 1. The number of carbonyl (C=O) groups is 1. The van der Waals surface area contributed by atoms with E-state index in [1.807, 2.05) is 0 Å². The number of nitrogens with zero attached hydrogens (tertiary/aromatic N) is 1. The Morgan fingerprint density at radius 3 is 2.65 bits per heavy atom. The molecule has 0 radical (unpaired) electrons. The first kappa shape index (κ1) is 14.9. The van der Waals surface area contributed by atoms with E-state index in [1.165, 1.54) is 18.9 Å². The zero-order chi connectivity index (χ0) is 14.5. The van der Waals surface area contributed by atoms with E-state index >= 15 is 0 Å². The van der Waals surface area contributed by atoms with E-state index in [1.54, 1.807) is 12.1 Å². The van der Waals surface area contributed by atoms with Crippen LogP contribution in [0.2, 0.25) is 0 Å². The Hall–Kier alpha value is -1.46. The highest BCUT2D eigenvalue weighted by Gasteiger charge is 2.23. The summed E-state index contributed by atoms with van der Waals surface area (Å²) in [7, 11) is 0. The summed E-state index contributed by atoms with van der Waals surface area (Å²) in [5.74, 6) is -0.600. The smallest absolute Gasteiger partial charge is 0.231 e. The quantitative estimate of drug-likeness (QED) is 0.829. The van der Waals surface area contributed by atoms with Crippen LogP contribution < -0.4 is 11.5 Å². The summed E-state index contributed by atoms with van der Waals surface area (Å²) in [6.45, 7) is 1.04. The highest BCUT2D eigenvalue weighted by Crippen LogP contribution is 2.25. The van der Waals surface area contributed by atoms with E-state index in [-0.39, 0.29) is 24.8 Å².